The second kappa shape index (κ2) is 7.46. The third kappa shape index (κ3) is 4.75. The van der Waals surface area contributed by atoms with Gasteiger partial charge in [-0.05, 0) is 6.07 Å². The van der Waals surface area contributed by atoms with Crippen LogP contribution >= 0.6 is 11.6 Å². The Balaban J connectivity index is 0.00000106. The Hall–Kier alpha value is -1.54. The Morgan fingerprint density at radius 1 is 1.24 bits per heavy atom. The Kier molecular flexibility index (Phi) is 6.22. The average molecular weight is 326 g/mol. The second-order valence-electron chi connectivity index (χ2n) is 4.23. The highest BCUT2D eigenvalue weighted by atomic mass is 35.5. The van der Waals surface area contributed by atoms with Gasteiger partial charge in [0.2, 0.25) is 0 Å². The van der Waals surface area contributed by atoms with Crippen molar-refractivity contribution in [3.8, 4) is 0 Å². The third-order valence-corrected chi connectivity index (χ3v) is 2.92. The second-order valence-corrected chi connectivity index (χ2v) is 4.23. The summed E-state index contributed by atoms with van der Waals surface area (Å²) in [6, 6.07) is 2.70. The van der Waals surface area contributed by atoms with Crippen molar-refractivity contribution in [3.63, 3.8) is 0 Å². The van der Waals surface area contributed by atoms with Gasteiger partial charge < -0.3 is 10.2 Å². The molecule has 2 rings (SSSR count). The molecule has 0 spiro atoms. The molecule has 0 bridgehead atoms. The molecule has 118 valence electrons. The number of nitrogens with one attached hydrogen (secondary N) is 1. The number of piperazine rings is 1. The highest BCUT2D eigenvalue weighted by molar-refractivity contribution is 6.15. The highest BCUT2D eigenvalue weighted by Gasteiger charge is 2.33. The number of nitro benzene ring substituents is 1. The summed E-state index contributed by atoms with van der Waals surface area (Å²) in [5.41, 5.74) is -1.29. The smallest absolute Gasteiger partial charge is 0.369 e. The molecule has 0 radical (unpaired) electrons. The molecule has 0 atom stereocenters. The van der Waals surface area contributed by atoms with E-state index in [1.807, 2.05) is 0 Å². The van der Waals surface area contributed by atoms with Crippen LogP contribution in [0, 0.1) is 10.1 Å². The molecule has 1 saturated heterocycles. The monoisotopic (exact) mass is 325 g/mol. The largest absolute Gasteiger partial charge is 0.416 e. The zero-order valence-electron chi connectivity index (χ0n) is 11.3. The van der Waals surface area contributed by atoms with Gasteiger partial charge in [0.05, 0.1) is 10.5 Å². The minimum absolute atomic E-state index is 0.239. The summed E-state index contributed by atoms with van der Waals surface area (Å²) in [6.45, 7) is 2.34. The maximum Gasteiger partial charge on any atom is 0.416 e. The number of non-ortho nitro benzene ring substituents is 1. The number of alkyl halides is 4. The van der Waals surface area contributed by atoms with E-state index in [1.165, 1.54) is 12.4 Å². The topological polar surface area (TPSA) is 58.4 Å². The van der Waals surface area contributed by atoms with Gasteiger partial charge in [-0.25, -0.2) is 0 Å². The van der Waals surface area contributed by atoms with Crippen molar-refractivity contribution in [3.05, 3.63) is 33.9 Å². The third-order valence-electron chi connectivity index (χ3n) is 2.92. The summed E-state index contributed by atoms with van der Waals surface area (Å²) in [6.07, 6.45) is -3.12. The molecule has 0 aromatic heterocycles. The molecule has 1 heterocycles. The Bertz CT molecular complexity index is 491. The van der Waals surface area contributed by atoms with Crippen molar-refractivity contribution in [2.45, 2.75) is 6.18 Å². The molecule has 1 fully saturated rings. The molecule has 0 saturated carbocycles. The normalized spacial score (nSPS) is 15.2. The van der Waals surface area contributed by atoms with Crippen molar-refractivity contribution in [1.82, 2.24) is 5.32 Å². The number of hydrogen-bond acceptors (Lipinski definition) is 4. The first kappa shape index (κ1) is 17.5. The lowest BCUT2D eigenvalue weighted by Crippen LogP contribution is -2.43. The van der Waals surface area contributed by atoms with Crippen LogP contribution in [0.25, 0.3) is 0 Å². The fourth-order valence-electron chi connectivity index (χ4n) is 1.97. The van der Waals surface area contributed by atoms with Crippen LogP contribution in [0.5, 0.6) is 0 Å². The number of benzene rings is 1. The molecule has 1 aliphatic heterocycles. The Morgan fingerprint density at radius 2 is 1.81 bits per heavy atom. The number of nitro groups is 1. The molecular formula is C12H15ClF3N3O2. The fourth-order valence-corrected chi connectivity index (χ4v) is 1.97. The van der Waals surface area contributed by atoms with Gasteiger partial charge in [0.15, 0.2) is 0 Å². The van der Waals surface area contributed by atoms with Gasteiger partial charge in [0.1, 0.15) is 0 Å². The van der Waals surface area contributed by atoms with Crippen LogP contribution in [0.15, 0.2) is 18.2 Å². The maximum atomic E-state index is 12.7. The Labute approximate surface area is 124 Å². The minimum Gasteiger partial charge on any atom is -0.369 e. The summed E-state index contributed by atoms with van der Waals surface area (Å²) in [5, 5.41) is 13.8. The molecule has 21 heavy (non-hydrogen) atoms. The first-order chi connectivity index (χ1) is 9.88. The van der Waals surface area contributed by atoms with Gasteiger partial charge in [-0.1, -0.05) is 0 Å². The number of rotatable bonds is 2. The van der Waals surface area contributed by atoms with Crippen molar-refractivity contribution < 1.29 is 18.1 Å². The van der Waals surface area contributed by atoms with Crippen LogP contribution in [0.4, 0.5) is 24.5 Å². The van der Waals surface area contributed by atoms with Gasteiger partial charge in [0, 0.05) is 50.4 Å². The van der Waals surface area contributed by atoms with Crippen molar-refractivity contribution in [2.75, 3.05) is 37.5 Å². The highest BCUT2D eigenvalue weighted by Crippen LogP contribution is 2.35. The summed E-state index contributed by atoms with van der Waals surface area (Å²) < 4.78 is 38.2. The zero-order valence-corrected chi connectivity index (χ0v) is 12.0. The lowest BCUT2D eigenvalue weighted by atomic mass is 10.1. The SMILES string of the molecule is CCl.O=[N+]([O-])c1cc(N2CCNCC2)cc(C(F)(F)F)c1. The zero-order chi connectivity index (χ0) is 16.0. The molecule has 1 aromatic carbocycles. The first-order valence-corrected chi connectivity index (χ1v) is 6.83. The minimum atomic E-state index is -4.59. The quantitative estimate of drug-likeness (QED) is 0.516. The van der Waals surface area contributed by atoms with Crippen LogP contribution in [0.1, 0.15) is 5.56 Å². The van der Waals surface area contributed by atoms with Gasteiger partial charge in [0.25, 0.3) is 5.69 Å². The van der Waals surface area contributed by atoms with E-state index < -0.39 is 22.4 Å². The fraction of sp³-hybridized carbons (Fsp3) is 0.500. The average Bonchev–Trinajstić information content (AvgIpc) is 2.49. The van der Waals surface area contributed by atoms with Crippen LogP contribution in [-0.2, 0) is 6.18 Å². The predicted molar refractivity (Wildman–Crippen MR) is 75.0 cm³/mol. The van der Waals surface area contributed by atoms with Crippen LogP contribution < -0.4 is 10.2 Å². The van der Waals surface area contributed by atoms with E-state index in [4.69, 9.17) is 0 Å². The van der Waals surface area contributed by atoms with Crippen LogP contribution in [0.2, 0.25) is 0 Å². The van der Waals surface area contributed by atoms with E-state index in [0.717, 1.165) is 6.07 Å². The van der Waals surface area contributed by atoms with E-state index >= 15 is 0 Å². The lowest BCUT2D eigenvalue weighted by Gasteiger charge is -2.29. The van der Waals surface area contributed by atoms with Crippen molar-refractivity contribution in [1.29, 1.82) is 0 Å². The van der Waals surface area contributed by atoms with E-state index in [9.17, 15) is 23.3 Å². The van der Waals surface area contributed by atoms with E-state index in [0.29, 0.717) is 32.2 Å². The molecule has 1 aliphatic rings. The number of hydrogen-bond donors (Lipinski definition) is 1. The molecule has 5 nitrogen and oxygen atoms in total. The van der Waals surface area contributed by atoms with Crippen LogP contribution in [0.3, 0.4) is 0 Å². The van der Waals surface area contributed by atoms with E-state index in [2.05, 4.69) is 16.9 Å². The molecule has 0 unspecified atom stereocenters. The molecule has 0 aliphatic carbocycles. The van der Waals surface area contributed by atoms with Crippen molar-refractivity contribution in [2.24, 2.45) is 0 Å². The van der Waals surface area contributed by atoms with Gasteiger partial charge in [-0.3, -0.25) is 10.1 Å². The summed E-state index contributed by atoms with van der Waals surface area (Å²) in [5.74, 6) is 0. The summed E-state index contributed by atoms with van der Waals surface area (Å²) >= 11 is 4.64. The Morgan fingerprint density at radius 3 is 2.29 bits per heavy atom. The van der Waals surface area contributed by atoms with E-state index in [-0.39, 0.29) is 5.69 Å². The summed E-state index contributed by atoms with van der Waals surface area (Å²) in [4.78, 5) is 11.6. The van der Waals surface area contributed by atoms with Gasteiger partial charge in [-0.15, -0.1) is 11.6 Å². The number of nitrogens with zero attached hydrogens (tertiary/aromatic N) is 2. The number of anilines is 1. The van der Waals surface area contributed by atoms with E-state index in [1.54, 1.807) is 4.90 Å². The van der Waals surface area contributed by atoms with Gasteiger partial charge in [-0.2, -0.15) is 13.2 Å². The number of halogens is 4. The lowest BCUT2D eigenvalue weighted by molar-refractivity contribution is -0.385. The molecule has 9 heteroatoms. The predicted octanol–water partition coefficient (Wildman–Crippen LogP) is 2.88. The van der Waals surface area contributed by atoms with Crippen LogP contribution in [-0.4, -0.2) is 37.5 Å². The molecule has 1 aromatic rings. The summed E-state index contributed by atoms with van der Waals surface area (Å²) in [7, 11) is 0. The first-order valence-electron chi connectivity index (χ1n) is 6.08. The standard InChI is InChI=1S/C11H12F3N3O2.CH3Cl/c12-11(13,14)8-5-9(7-10(6-8)17(18)19)16-3-1-15-2-4-16;1-2/h5-7,15H,1-4H2;1H3. The molecular weight excluding hydrogens is 311 g/mol. The van der Waals surface area contributed by atoms with Gasteiger partial charge >= 0.3 is 6.18 Å². The maximum absolute atomic E-state index is 12.7. The molecule has 0 amide bonds. The molecule has 1 N–H and O–H groups in total. The van der Waals surface area contributed by atoms with Crippen molar-refractivity contribution >= 4 is 23.0 Å².